The molecule has 6 nitrogen and oxygen atoms in total. The minimum Gasteiger partial charge on any atom is -0.492 e. The van der Waals surface area contributed by atoms with Crippen molar-refractivity contribution in [2.45, 2.75) is 12.8 Å². The molecule has 2 heterocycles. The number of nitrogens with zero attached hydrogens (tertiary/aromatic N) is 2. The molecule has 3 aromatic rings. The Labute approximate surface area is 151 Å². The first kappa shape index (κ1) is 16.3. The first-order valence-electron chi connectivity index (χ1n) is 8.75. The van der Waals surface area contributed by atoms with E-state index in [1.165, 1.54) is 0 Å². The first-order valence-corrected chi connectivity index (χ1v) is 8.75. The number of nitrogens with one attached hydrogen (secondary N) is 2. The molecule has 0 spiro atoms. The molecule has 6 heteroatoms. The normalized spacial score (nSPS) is 15.8. The molecule has 26 heavy (non-hydrogen) atoms. The molecule has 0 fully saturated rings. The van der Waals surface area contributed by atoms with Crippen LogP contribution in [0.15, 0.2) is 54.6 Å². The van der Waals surface area contributed by atoms with Crippen LogP contribution in [0.25, 0.3) is 11.4 Å². The van der Waals surface area contributed by atoms with Crippen LogP contribution in [0, 0.1) is 5.92 Å². The number of carbonyl (C=O) groups excluding carboxylic acids is 1. The minimum atomic E-state index is -0.153. The van der Waals surface area contributed by atoms with Gasteiger partial charge in [0.2, 0.25) is 5.91 Å². The second-order valence-electron chi connectivity index (χ2n) is 6.33. The van der Waals surface area contributed by atoms with Gasteiger partial charge in [-0.2, -0.15) is 5.10 Å². The standard InChI is InChI=1S/C20H20N4O2/c25-20(16-12-15-8-4-5-9-17(15)26-13-16)21-11-10-18-22-19(24-23-18)14-6-2-1-3-7-14/h1-9,16H,10-13H2,(H,21,25)(H,22,23,24)/t16-/m1/s1. The molecule has 0 aliphatic carbocycles. The van der Waals surface area contributed by atoms with E-state index in [2.05, 4.69) is 20.5 Å². The van der Waals surface area contributed by atoms with Gasteiger partial charge in [0, 0.05) is 18.5 Å². The van der Waals surface area contributed by atoms with Gasteiger partial charge in [0.05, 0.1) is 5.92 Å². The van der Waals surface area contributed by atoms with Gasteiger partial charge in [0.25, 0.3) is 0 Å². The zero-order chi connectivity index (χ0) is 17.8. The largest absolute Gasteiger partial charge is 0.492 e. The van der Waals surface area contributed by atoms with Gasteiger partial charge in [0.15, 0.2) is 5.82 Å². The molecule has 1 amide bonds. The molecule has 1 aromatic heterocycles. The molecule has 1 aliphatic rings. The summed E-state index contributed by atoms with van der Waals surface area (Å²) in [6.07, 6.45) is 1.32. The Kier molecular flexibility index (Phi) is 4.64. The number of rotatable bonds is 5. The van der Waals surface area contributed by atoms with E-state index in [4.69, 9.17) is 4.74 Å². The van der Waals surface area contributed by atoms with E-state index in [9.17, 15) is 4.79 Å². The summed E-state index contributed by atoms with van der Waals surface area (Å²) in [5, 5.41) is 10.1. The van der Waals surface area contributed by atoms with Crippen molar-refractivity contribution in [1.29, 1.82) is 0 Å². The van der Waals surface area contributed by atoms with Crippen molar-refractivity contribution >= 4 is 5.91 Å². The maximum atomic E-state index is 12.4. The van der Waals surface area contributed by atoms with Crippen molar-refractivity contribution < 1.29 is 9.53 Å². The Morgan fingerprint density at radius 3 is 2.85 bits per heavy atom. The second-order valence-corrected chi connectivity index (χ2v) is 6.33. The Morgan fingerprint density at radius 1 is 1.15 bits per heavy atom. The molecule has 2 aromatic carbocycles. The van der Waals surface area contributed by atoms with Crippen molar-refractivity contribution in [2.24, 2.45) is 5.92 Å². The van der Waals surface area contributed by atoms with Crippen molar-refractivity contribution in [1.82, 2.24) is 20.5 Å². The molecule has 2 N–H and O–H groups in total. The summed E-state index contributed by atoms with van der Waals surface area (Å²) in [7, 11) is 0. The van der Waals surface area contributed by atoms with E-state index >= 15 is 0 Å². The third-order valence-corrected chi connectivity index (χ3v) is 4.47. The lowest BCUT2D eigenvalue weighted by Crippen LogP contribution is -2.38. The summed E-state index contributed by atoms with van der Waals surface area (Å²) in [5.74, 6) is 2.17. The lowest BCUT2D eigenvalue weighted by Gasteiger charge is -2.24. The maximum absolute atomic E-state index is 12.4. The van der Waals surface area contributed by atoms with Gasteiger partial charge >= 0.3 is 0 Å². The molecular weight excluding hydrogens is 328 g/mol. The number of H-pyrrole nitrogens is 1. The van der Waals surface area contributed by atoms with Crippen LogP contribution < -0.4 is 10.1 Å². The molecule has 4 rings (SSSR count). The smallest absolute Gasteiger partial charge is 0.226 e. The van der Waals surface area contributed by atoms with Gasteiger partial charge < -0.3 is 10.1 Å². The van der Waals surface area contributed by atoms with Crippen LogP contribution in [0.4, 0.5) is 0 Å². The van der Waals surface area contributed by atoms with Crippen LogP contribution >= 0.6 is 0 Å². The lowest BCUT2D eigenvalue weighted by molar-refractivity contribution is -0.126. The van der Waals surface area contributed by atoms with Crippen LogP contribution in [-0.2, 0) is 17.6 Å². The summed E-state index contributed by atoms with van der Waals surface area (Å²) in [5.41, 5.74) is 2.05. The lowest BCUT2D eigenvalue weighted by atomic mass is 9.96. The fraction of sp³-hybridized carbons (Fsp3) is 0.250. The van der Waals surface area contributed by atoms with Gasteiger partial charge in [-0.1, -0.05) is 48.5 Å². The molecule has 1 atom stereocenters. The minimum absolute atomic E-state index is 0.0160. The van der Waals surface area contributed by atoms with E-state index < -0.39 is 0 Å². The summed E-state index contributed by atoms with van der Waals surface area (Å²) in [6, 6.07) is 17.7. The highest BCUT2D eigenvalue weighted by molar-refractivity contribution is 5.79. The summed E-state index contributed by atoms with van der Waals surface area (Å²) >= 11 is 0. The van der Waals surface area contributed by atoms with Crippen LogP contribution in [0.3, 0.4) is 0 Å². The van der Waals surface area contributed by atoms with Crippen molar-refractivity contribution in [3.8, 4) is 17.1 Å². The van der Waals surface area contributed by atoms with E-state index in [1.807, 2.05) is 54.6 Å². The molecule has 132 valence electrons. The number of carbonyl (C=O) groups is 1. The zero-order valence-electron chi connectivity index (χ0n) is 14.3. The highest BCUT2D eigenvalue weighted by Crippen LogP contribution is 2.26. The second kappa shape index (κ2) is 7.39. The quantitative estimate of drug-likeness (QED) is 0.742. The highest BCUT2D eigenvalue weighted by atomic mass is 16.5. The van der Waals surface area contributed by atoms with Crippen molar-refractivity contribution in [3.63, 3.8) is 0 Å². The predicted octanol–water partition coefficient (Wildman–Crippen LogP) is 2.38. The number of para-hydroxylation sites is 1. The number of aromatic amines is 1. The van der Waals surface area contributed by atoms with Gasteiger partial charge in [-0.3, -0.25) is 9.89 Å². The number of fused-ring (bicyclic) bond motifs is 1. The zero-order valence-corrected chi connectivity index (χ0v) is 14.3. The molecule has 0 unspecified atom stereocenters. The van der Waals surface area contributed by atoms with Gasteiger partial charge in [-0.25, -0.2) is 4.98 Å². The van der Waals surface area contributed by atoms with Crippen LogP contribution in [0.5, 0.6) is 5.75 Å². The predicted molar refractivity (Wildman–Crippen MR) is 97.7 cm³/mol. The Morgan fingerprint density at radius 2 is 1.96 bits per heavy atom. The average molecular weight is 348 g/mol. The third-order valence-electron chi connectivity index (χ3n) is 4.47. The van der Waals surface area contributed by atoms with Crippen molar-refractivity contribution in [3.05, 3.63) is 66.0 Å². The maximum Gasteiger partial charge on any atom is 0.226 e. The molecular formula is C20H20N4O2. The summed E-state index contributed by atoms with van der Waals surface area (Å²) in [4.78, 5) is 16.9. The van der Waals surface area contributed by atoms with E-state index in [-0.39, 0.29) is 11.8 Å². The number of benzene rings is 2. The van der Waals surface area contributed by atoms with E-state index in [1.54, 1.807) is 0 Å². The third kappa shape index (κ3) is 3.59. The molecule has 0 saturated heterocycles. The van der Waals surface area contributed by atoms with E-state index in [0.29, 0.717) is 31.8 Å². The molecule has 1 aliphatic heterocycles. The summed E-state index contributed by atoms with van der Waals surface area (Å²) < 4.78 is 5.68. The molecule has 0 saturated carbocycles. The number of hydrogen-bond donors (Lipinski definition) is 2. The monoisotopic (exact) mass is 348 g/mol. The first-order chi connectivity index (χ1) is 12.8. The number of aromatic nitrogens is 3. The van der Waals surface area contributed by atoms with Crippen molar-refractivity contribution in [2.75, 3.05) is 13.2 Å². The van der Waals surface area contributed by atoms with Crippen LogP contribution in [-0.4, -0.2) is 34.2 Å². The number of amides is 1. The molecule has 0 bridgehead atoms. The van der Waals surface area contributed by atoms with Gasteiger partial charge in [0.1, 0.15) is 18.2 Å². The van der Waals surface area contributed by atoms with Crippen LogP contribution in [0.2, 0.25) is 0 Å². The Balaban J connectivity index is 1.29. The molecule has 0 radical (unpaired) electrons. The van der Waals surface area contributed by atoms with E-state index in [0.717, 1.165) is 22.7 Å². The number of hydrogen-bond acceptors (Lipinski definition) is 4. The topological polar surface area (TPSA) is 79.9 Å². The fourth-order valence-corrected chi connectivity index (χ4v) is 3.07. The number of ether oxygens (including phenoxy) is 1. The summed E-state index contributed by atoms with van der Waals surface area (Å²) in [6.45, 7) is 0.934. The highest BCUT2D eigenvalue weighted by Gasteiger charge is 2.25. The van der Waals surface area contributed by atoms with Gasteiger partial charge in [-0.05, 0) is 18.1 Å². The SMILES string of the molecule is O=C(NCCc1nc(-c2ccccc2)n[nH]1)[C@H]1COc2ccccc2C1. The van der Waals surface area contributed by atoms with Gasteiger partial charge in [-0.15, -0.1) is 0 Å². The fourth-order valence-electron chi connectivity index (χ4n) is 3.07. The Hall–Kier alpha value is -3.15. The average Bonchev–Trinajstić information content (AvgIpc) is 3.17. The Bertz CT molecular complexity index is 892. The van der Waals surface area contributed by atoms with Crippen LogP contribution in [0.1, 0.15) is 11.4 Å².